The van der Waals surface area contributed by atoms with Crippen LogP contribution in [0.4, 0.5) is 11.4 Å². The van der Waals surface area contributed by atoms with Crippen molar-refractivity contribution in [3.8, 4) is 0 Å². The van der Waals surface area contributed by atoms with Gasteiger partial charge in [-0.25, -0.2) is 0 Å². The Morgan fingerprint density at radius 1 is 0.889 bits per heavy atom. The first-order chi connectivity index (χ1) is 17.2. The summed E-state index contributed by atoms with van der Waals surface area (Å²) >= 11 is 0. The molecule has 0 radical (unpaired) electrons. The number of para-hydroxylation sites is 2. The van der Waals surface area contributed by atoms with Crippen molar-refractivity contribution >= 4 is 28.8 Å². The predicted molar refractivity (Wildman–Crippen MR) is 145 cm³/mol. The number of hydrogen-bond acceptors (Lipinski definition) is 4. The topological polar surface area (TPSA) is 57.7 Å². The normalized spacial score (nSPS) is 19.1. The largest absolute Gasteiger partial charge is 0.366 e. The number of Topliss-reactive ketones (excluding diaryl/α,β-unsaturated/α-hetero) is 2. The zero-order valence-electron chi connectivity index (χ0n) is 22.0. The van der Waals surface area contributed by atoms with Gasteiger partial charge < -0.3 is 9.80 Å². The molecule has 0 N–H and O–H groups in total. The smallest absolute Gasteiger partial charge is 0.232 e. The zero-order chi connectivity index (χ0) is 25.7. The minimum atomic E-state index is -0.550. The molecule has 0 aromatic heterocycles. The molecule has 1 aliphatic heterocycles. The number of hydrogen-bond donors (Lipinski definition) is 0. The maximum Gasteiger partial charge on any atom is 0.232 e. The van der Waals surface area contributed by atoms with Gasteiger partial charge >= 0.3 is 0 Å². The van der Waals surface area contributed by atoms with Gasteiger partial charge in [0, 0.05) is 30.8 Å². The summed E-state index contributed by atoms with van der Waals surface area (Å²) in [7, 11) is 0. The van der Waals surface area contributed by atoms with E-state index in [0.29, 0.717) is 25.4 Å². The van der Waals surface area contributed by atoms with Gasteiger partial charge in [-0.1, -0.05) is 82.5 Å². The molecule has 5 nitrogen and oxygen atoms in total. The molecule has 4 rings (SSSR count). The fourth-order valence-electron chi connectivity index (χ4n) is 5.43. The summed E-state index contributed by atoms with van der Waals surface area (Å²) in [6.07, 6.45) is 7.12. The molecule has 1 amide bonds. The Hall–Kier alpha value is -2.95. The summed E-state index contributed by atoms with van der Waals surface area (Å²) in [6.45, 7) is 6.23. The maximum atomic E-state index is 14.0. The van der Waals surface area contributed by atoms with Crippen molar-refractivity contribution in [2.45, 2.75) is 78.2 Å². The number of ketones is 2. The highest BCUT2D eigenvalue weighted by atomic mass is 16.2. The van der Waals surface area contributed by atoms with Crippen molar-refractivity contribution in [3.05, 3.63) is 60.2 Å². The van der Waals surface area contributed by atoms with Crippen molar-refractivity contribution in [1.82, 2.24) is 0 Å². The fraction of sp³-hybridized carbons (Fsp3) is 0.516. The van der Waals surface area contributed by atoms with Crippen LogP contribution in [0.5, 0.6) is 0 Å². The van der Waals surface area contributed by atoms with Crippen LogP contribution < -0.4 is 9.80 Å². The lowest BCUT2D eigenvalue weighted by molar-refractivity contribution is -0.129. The standard InChI is InChI=1S/C31H40N2O3/c1-31(2,3)29(35)22-33-28-17-11-10-16-27(28)32(25-14-8-5-9-15-25)21-24(30(33)36)20-26(34)19-18-23-12-6-4-7-13-23/h4,6-7,10-13,16-17,24-25H,5,8-9,14-15,18-22H2,1-3H3/t24-/m1/s1. The third-order valence-electron chi connectivity index (χ3n) is 7.68. The van der Waals surface area contributed by atoms with Gasteiger partial charge in [0.2, 0.25) is 5.91 Å². The van der Waals surface area contributed by atoms with Crippen LogP contribution in [0.1, 0.15) is 71.3 Å². The summed E-state index contributed by atoms with van der Waals surface area (Å²) < 4.78 is 0. The Bertz CT molecular complexity index is 1070. The number of amides is 1. The van der Waals surface area contributed by atoms with Crippen molar-refractivity contribution in [3.63, 3.8) is 0 Å². The molecule has 192 valence electrons. The van der Waals surface area contributed by atoms with Crippen LogP contribution >= 0.6 is 0 Å². The summed E-state index contributed by atoms with van der Waals surface area (Å²) in [4.78, 5) is 44.3. The second-order valence-electron chi connectivity index (χ2n) is 11.5. The quantitative estimate of drug-likeness (QED) is 0.458. The molecule has 1 saturated carbocycles. The average Bonchev–Trinajstić information content (AvgIpc) is 2.99. The van der Waals surface area contributed by atoms with E-state index < -0.39 is 11.3 Å². The first-order valence-electron chi connectivity index (χ1n) is 13.5. The van der Waals surface area contributed by atoms with Gasteiger partial charge in [0.1, 0.15) is 5.78 Å². The van der Waals surface area contributed by atoms with Gasteiger partial charge in [-0.15, -0.1) is 0 Å². The van der Waals surface area contributed by atoms with Crippen LogP contribution in [0, 0.1) is 11.3 Å². The lowest BCUT2D eigenvalue weighted by Crippen LogP contribution is -2.45. The SMILES string of the molecule is CC(C)(C)C(=O)CN1C(=O)[C@H](CC(=O)CCc2ccccc2)CN(C2CCCCC2)c2ccccc21. The first-order valence-corrected chi connectivity index (χ1v) is 13.5. The van der Waals surface area contributed by atoms with Gasteiger partial charge in [0.05, 0.1) is 23.8 Å². The van der Waals surface area contributed by atoms with E-state index in [1.54, 1.807) is 4.90 Å². The highest BCUT2D eigenvalue weighted by Gasteiger charge is 2.39. The van der Waals surface area contributed by atoms with Crippen LogP contribution in [0.2, 0.25) is 0 Å². The second kappa shape index (κ2) is 11.4. The third kappa shape index (κ3) is 6.24. The molecule has 1 aliphatic carbocycles. The van der Waals surface area contributed by atoms with E-state index in [9.17, 15) is 14.4 Å². The van der Waals surface area contributed by atoms with Crippen molar-refractivity contribution in [1.29, 1.82) is 0 Å². The van der Waals surface area contributed by atoms with Gasteiger partial charge in [-0.3, -0.25) is 14.4 Å². The summed E-state index contributed by atoms with van der Waals surface area (Å²) in [6, 6.07) is 18.3. The number of carbonyl (C=O) groups excluding carboxylic acids is 3. The first kappa shape index (κ1) is 26.1. The van der Waals surface area contributed by atoms with Crippen LogP contribution in [0.3, 0.4) is 0 Å². The Labute approximate surface area is 215 Å². The number of aryl methyl sites for hydroxylation is 1. The lowest BCUT2D eigenvalue weighted by Gasteiger charge is -2.37. The molecule has 2 aliphatic rings. The van der Waals surface area contributed by atoms with Gasteiger partial charge in [-0.2, -0.15) is 0 Å². The zero-order valence-corrected chi connectivity index (χ0v) is 22.0. The number of nitrogens with zero attached hydrogens (tertiary/aromatic N) is 2. The number of rotatable bonds is 8. The molecule has 1 heterocycles. The lowest BCUT2D eigenvalue weighted by atomic mass is 9.90. The minimum Gasteiger partial charge on any atom is -0.366 e. The molecule has 0 spiro atoms. The highest BCUT2D eigenvalue weighted by Crippen LogP contribution is 2.39. The van der Waals surface area contributed by atoms with Crippen molar-refractivity contribution in [2.75, 3.05) is 22.9 Å². The van der Waals surface area contributed by atoms with Gasteiger partial charge in [0.25, 0.3) is 0 Å². The van der Waals surface area contributed by atoms with Crippen LogP contribution in [0.15, 0.2) is 54.6 Å². The van der Waals surface area contributed by atoms with Crippen LogP contribution in [-0.2, 0) is 20.8 Å². The molecular formula is C31H40N2O3. The summed E-state index contributed by atoms with van der Waals surface area (Å²) in [5.41, 5.74) is 2.39. The number of anilines is 2. The predicted octanol–water partition coefficient (Wildman–Crippen LogP) is 6.00. The van der Waals surface area contributed by atoms with E-state index >= 15 is 0 Å². The van der Waals surface area contributed by atoms with Gasteiger partial charge in [0.15, 0.2) is 5.78 Å². The van der Waals surface area contributed by atoms with E-state index in [2.05, 4.69) is 11.0 Å². The van der Waals surface area contributed by atoms with Crippen molar-refractivity contribution < 1.29 is 14.4 Å². The Kier molecular flexibility index (Phi) is 8.28. The number of fused-ring (bicyclic) bond motifs is 1. The number of benzene rings is 2. The molecule has 5 heteroatoms. The van der Waals surface area contributed by atoms with E-state index in [4.69, 9.17) is 0 Å². The Morgan fingerprint density at radius 2 is 1.53 bits per heavy atom. The highest BCUT2D eigenvalue weighted by molar-refractivity contribution is 6.06. The van der Waals surface area contributed by atoms with Crippen LogP contribution in [0.25, 0.3) is 0 Å². The van der Waals surface area contributed by atoms with Gasteiger partial charge in [-0.05, 0) is 37.0 Å². The Morgan fingerprint density at radius 3 is 2.19 bits per heavy atom. The van der Waals surface area contributed by atoms with E-state index in [1.807, 2.05) is 69.3 Å². The molecule has 36 heavy (non-hydrogen) atoms. The third-order valence-corrected chi connectivity index (χ3v) is 7.68. The van der Waals surface area contributed by atoms with Crippen LogP contribution in [-0.4, -0.2) is 36.6 Å². The molecule has 0 bridgehead atoms. The van der Waals surface area contributed by atoms with E-state index in [-0.39, 0.29) is 30.4 Å². The molecule has 1 atom stereocenters. The number of carbonyl (C=O) groups is 3. The molecule has 2 aromatic carbocycles. The molecule has 1 fully saturated rings. The van der Waals surface area contributed by atoms with E-state index in [0.717, 1.165) is 29.8 Å². The molecule has 0 unspecified atom stereocenters. The average molecular weight is 489 g/mol. The Balaban J connectivity index is 1.62. The summed E-state index contributed by atoms with van der Waals surface area (Å²) in [5, 5.41) is 0. The second-order valence-corrected chi connectivity index (χ2v) is 11.5. The molecule has 2 aromatic rings. The van der Waals surface area contributed by atoms with Crippen molar-refractivity contribution in [2.24, 2.45) is 11.3 Å². The minimum absolute atomic E-state index is 0.0194. The summed E-state index contributed by atoms with van der Waals surface area (Å²) in [5.74, 6) is -0.443. The maximum absolute atomic E-state index is 14.0. The van der Waals surface area contributed by atoms with E-state index in [1.165, 1.54) is 19.3 Å². The fourth-order valence-corrected chi connectivity index (χ4v) is 5.43. The molecule has 0 saturated heterocycles. The monoisotopic (exact) mass is 488 g/mol. The molecular weight excluding hydrogens is 448 g/mol.